The number of nitrogens with one attached hydrogen (secondary N) is 2. The fourth-order valence-electron chi connectivity index (χ4n) is 3.60. The van der Waals surface area contributed by atoms with Gasteiger partial charge in [0.2, 0.25) is 10.0 Å². The van der Waals surface area contributed by atoms with Crippen molar-refractivity contribution in [3.8, 4) is 5.75 Å². The van der Waals surface area contributed by atoms with E-state index in [1.165, 1.54) is 36.4 Å². The molecular formula is C22H28N2O4S. The molecule has 29 heavy (non-hydrogen) atoms. The summed E-state index contributed by atoms with van der Waals surface area (Å²) in [6.07, 6.45) is 3.27. The molecule has 156 valence electrons. The molecule has 1 amide bonds. The van der Waals surface area contributed by atoms with Crippen molar-refractivity contribution in [2.45, 2.75) is 57.0 Å². The fraction of sp³-hybridized carbons (Fsp3) is 0.409. The van der Waals surface area contributed by atoms with Crippen LogP contribution in [-0.2, 0) is 22.9 Å². The average molecular weight is 417 g/mol. The molecule has 0 saturated heterocycles. The number of amides is 1. The van der Waals surface area contributed by atoms with Gasteiger partial charge in [-0.2, -0.15) is 0 Å². The van der Waals surface area contributed by atoms with Crippen LogP contribution in [0.4, 0.5) is 0 Å². The lowest BCUT2D eigenvalue weighted by Gasteiger charge is -2.17. The first-order chi connectivity index (χ1) is 13.7. The van der Waals surface area contributed by atoms with Crippen LogP contribution in [0.15, 0.2) is 41.3 Å². The van der Waals surface area contributed by atoms with Gasteiger partial charge in [-0.1, -0.05) is 18.2 Å². The third kappa shape index (κ3) is 4.79. The second-order valence-corrected chi connectivity index (χ2v) is 9.43. The molecule has 0 radical (unpaired) electrons. The highest BCUT2D eigenvalue weighted by Crippen LogP contribution is 2.27. The molecule has 0 spiro atoms. The molecule has 0 aromatic heterocycles. The molecule has 0 aliphatic heterocycles. The molecule has 0 bridgehead atoms. The van der Waals surface area contributed by atoms with Crippen LogP contribution in [0.5, 0.6) is 5.75 Å². The number of sulfonamides is 1. The zero-order chi connectivity index (χ0) is 21.2. The minimum Gasteiger partial charge on any atom is -0.496 e. The predicted octanol–water partition coefficient (Wildman–Crippen LogP) is 3.36. The quantitative estimate of drug-likeness (QED) is 0.725. The molecular weight excluding hydrogens is 388 g/mol. The summed E-state index contributed by atoms with van der Waals surface area (Å²) < 4.78 is 33.9. The minimum absolute atomic E-state index is 0.0280. The summed E-state index contributed by atoms with van der Waals surface area (Å²) >= 11 is 0. The van der Waals surface area contributed by atoms with Gasteiger partial charge in [-0.15, -0.1) is 0 Å². The Morgan fingerprint density at radius 1 is 1.03 bits per heavy atom. The molecule has 6 nitrogen and oxygen atoms in total. The van der Waals surface area contributed by atoms with Gasteiger partial charge in [-0.25, -0.2) is 13.1 Å². The lowest BCUT2D eigenvalue weighted by Crippen LogP contribution is -2.31. The van der Waals surface area contributed by atoms with Crippen LogP contribution in [-0.4, -0.2) is 27.5 Å². The van der Waals surface area contributed by atoms with Crippen molar-refractivity contribution in [3.63, 3.8) is 0 Å². The van der Waals surface area contributed by atoms with E-state index in [0.717, 1.165) is 24.8 Å². The molecule has 2 aromatic rings. The van der Waals surface area contributed by atoms with Gasteiger partial charge in [0.05, 0.1) is 17.6 Å². The summed E-state index contributed by atoms with van der Waals surface area (Å²) in [5.74, 6) is -0.0469. The number of hydrogen-bond acceptors (Lipinski definition) is 4. The molecule has 0 saturated carbocycles. The summed E-state index contributed by atoms with van der Waals surface area (Å²) in [6, 6.07) is 10.00. The third-order valence-corrected chi connectivity index (χ3v) is 6.64. The first-order valence-corrected chi connectivity index (χ1v) is 11.3. The van der Waals surface area contributed by atoms with Crippen LogP contribution in [0.1, 0.15) is 60.3 Å². The van der Waals surface area contributed by atoms with E-state index in [1.807, 2.05) is 26.8 Å². The van der Waals surface area contributed by atoms with E-state index in [0.29, 0.717) is 5.75 Å². The van der Waals surface area contributed by atoms with Crippen molar-refractivity contribution < 1.29 is 17.9 Å². The maximum atomic E-state index is 13.0. The minimum atomic E-state index is -3.82. The molecule has 1 aliphatic carbocycles. The number of hydrogen-bond donors (Lipinski definition) is 2. The van der Waals surface area contributed by atoms with E-state index in [-0.39, 0.29) is 28.4 Å². The highest BCUT2D eigenvalue weighted by Gasteiger charge is 2.23. The molecule has 1 unspecified atom stereocenters. The maximum absolute atomic E-state index is 13.0. The first-order valence-electron chi connectivity index (χ1n) is 9.84. The van der Waals surface area contributed by atoms with Crippen LogP contribution >= 0.6 is 0 Å². The van der Waals surface area contributed by atoms with Gasteiger partial charge in [-0.05, 0) is 74.9 Å². The monoisotopic (exact) mass is 416 g/mol. The summed E-state index contributed by atoms with van der Waals surface area (Å²) in [6.45, 7) is 5.50. The molecule has 2 N–H and O–H groups in total. The second-order valence-electron chi connectivity index (χ2n) is 7.71. The Bertz CT molecular complexity index is 1020. The lowest BCUT2D eigenvalue weighted by atomic mass is 10.0. The molecule has 1 aliphatic rings. The topological polar surface area (TPSA) is 84.5 Å². The number of aryl methyl sites for hydroxylation is 2. The van der Waals surface area contributed by atoms with Crippen molar-refractivity contribution in [1.29, 1.82) is 0 Å². The van der Waals surface area contributed by atoms with Gasteiger partial charge in [0.1, 0.15) is 5.75 Å². The third-order valence-electron chi connectivity index (χ3n) is 5.10. The maximum Gasteiger partial charge on any atom is 0.255 e. The summed E-state index contributed by atoms with van der Waals surface area (Å²) in [4.78, 5) is 12.5. The Balaban J connectivity index is 1.86. The lowest BCUT2D eigenvalue weighted by molar-refractivity contribution is 0.0940. The highest BCUT2D eigenvalue weighted by atomic mass is 32.2. The van der Waals surface area contributed by atoms with E-state index in [4.69, 9.17) is 4.74 Å². The van der Waals surface area contributed by atoms with Gasteiger partial charge < -0.3 is 10.1 Å². The zero-order valence-electron chi connectivity index (χ0n) is 17.3. The smallest absolute Gasteiger partial charge is 0.255 e. The molecule has 1 atom stereocenters. The van der Waals surface area contributed by atoms with Gasteiger partial charge >= 0.3 is 0 Å². The summed E-state index contributed by atoms with van der Waals surface area (Å²) in [7, 11) is -2.37. The number of carbonyl (C=O) groups is 1. The molecule has 2 aromatic carbocycles. The Labute approximate surface area is 172 Å². The van der Waals surface area contributed by atoms with Gasteiger partial charge in [0.25, 0.3) is 5.91 Å². The van der Waals surface area contributed by atoms with E-state index >= 15 is 0 Å². The molecule has 0 heterocycles. The Morgan fingerprint density at radius 3 is 2.45 bits per heavy atom. The van der Waals surface area contributed by atoms with Gasteiger partial charge in [-0.3, -0.25) is 4.79 Å². The van der Waals surface area contributed by atoms with Crippen LogP contribution < -0.4 is 14.8 Å². The van der Waals surface area contributed by atoms with Crippen molar-refractivity contribution in [3.05, 3.63) is 58.7 Å². The van der Waals surface area contributed by atoms with Crippen molar-refractivity contribution >= 4 is 15.9 Å². The molecule has 3 rings (SSSR count). The molecule has 0 fully saturated rings. The van der Waals surface area contributed by atoms with E-state index in [1.54, 1.807) is 0 Å². The van der Waals surface area contributed by atoms with E-state index < -0.39 is 10.0 Å². The van der Waals surface area contributed by atoms with E-state index in [2.05, 4.69) is 22.2 Å². The number of carbonyl (C=O) groups excluding carboxylic acids is 1. The Morgan fingerprint density at radius 2 is 1.76 bits per heavy atom. The number of fused-ring (bicyclic) bond motifs is 1. The number of benzene rings is 2. The predicted molar refractivity (Wildman–Crippen MR) is 113 cm³/mol. The van der Waals surface area contributed by atoms with Gasteiger partial charge in [0, 0.05) is 12.1 Å². The number of methoxy groups -OCH3 is 1. The first kappa shape index (κ1) is 21.3. The van der Waals surface area contributed by atoms with Crippen molar-refractivity contribution in [2.75, 3.05) is 7.11 Å². The molecule has 7 heteroatoms. The SMILES string of the molecule is COc1ccc(S(=O)(=O)NC(C)c2ccc3c(c2)CCC3)cc1C(=O)NC(C)C. The van der Waals surface area contributed by atoms with Crippen LogP contribution in [0.3, 0.4) is 0 Å². The Hall–Kier alpha value is -2.38. The zero-order valence-corrected chi connectivity index (χ0v) is 18.1. The highest BCUT2D eigenvalue weighted by molar-refractivity contribution is 7.89. The Kier molecular flexibility index (Phi) is 6.29. The average Bonchev–Trinajstić information content (AvgIpc) is 3.14. The van der Waals surface area contributed by atoms with Gasteiger partial charge in [0.15, 0.2) is 0 Å². The summed E-state index contributed by atoms with van der Waals surface area (Å²) in [5.41, 5.74) is 3.76. The normalized spacial score (nSPS) is 14.5. The summed E-state index contributed by atoms with van der Waals surface area (Å²) in [5, 5.41) is 2.77. The van der Waals surface area contributed by atoms with Crippen LogP contribution in [0.2, 0.25) is 0 Å². The van der Waals surface area contributed by atoms with Crippen molar-refractivity contribution in [1.82, 2.24) is 10.0 Å². The standard InChI is InChI=1S/C22H28N2O4S/c1-14(2)23-22(25)20-13-19(10-11-21(20)28-4)29(26,27)24-15(3)17-9-8-16-6-5-7-18(16)12-17/h8-15,24H,5-7H2,1-4H3,(H,23,25). The van der Waals surface area contributed by atoms with E-state index in [9.17, 15) is 13.2 Å². The van der Waals surface area contributed by atoms with Crippen LogP contribution in [0.25, 0.3) is 0 Å². The number of ether oxygens (including phenoxy) is 1. The second kappa shape index (κ2) is 8.55. The number of rotatable bonds is 7. The van der Waals surface area contributed by atoms with Crippen molar-refractivity contribution in [2.24, 2.45) is 0 Å². The largest absolute Gasteiger partial charge is 0.496 e. The fourth-order valence-corrected chi connectivity index (χ4v) is 4.86. The van der Waals surface area contributed by atoms with Crippen LogP contribution in [0, 0.1) is 0 Å².